The van der Waals surface area contributed by atoms with Crippen molar-refractivity contribution >= 4 is 27.3 Å². The summed E-state index contributed by atoms with van der Waals surface area (Å²) in [4.78, 5) is 12.3. The van der Waals surface area contributed by atoms with Crippen LogP contribution in [0.2, 0.25) is 0 Å². The largest absolute Gasteiger partial charge is 0.330 e. The number of halogens is 1. The van der Waals surface area contributed by atoms with Gasteiger partial charge in [-0.05, 0) is 43.5 Å². The molecule has 2 atom stereocenters. The van der Waals surface area contributed by atoms with Crippen LogP contribution in [0.4, 0.5) is 15.8 Å². The van der Waals surface area contributed by atoms with E-state index < -0.39 is 15.8 Å². The van der Waals surface area contributed by atoms with Gasteiger partial charge in [0.2, 0.25) is 15.9 Å². The summed E-state index contributed by atoms with van der Waals surface area (Å²) < 4.78 is 38.1. The maximum absolute atomic E-state index is 13.6. The number of nitrogens with two attached hydrogens (primary N) is 1. The van der Waals surface area contributed by atoms with Gasteiger partial charge in [-0.15, -0.1) is 0 Å². The van der Waals surface area contributed by atoms with Crippen molar-refractivity contribution in [3.63, 3.8) is 0 Å². The summed E-state index contributed by atoms with van der Waals surface area (Å²) in [7, 11) is -3.59. The second-order valence-corrected chi connectivity index (χ2v) is 7.34. The minimum absolute atomic E-state index is 0.152. The van der Waals surface area contributed by atoms with Crippen LogP contribution in [-0.2, 0) is 14.8 Å². The van der Waals surface area contributed by atoms with E-state index in [-0.39, 0.29) is 23.4 Å². The lowest BCUT2D eigenvalue weighted by Gasteiger charge is -2.17. The van der Waals surface area contributed by atoms with E-state index >= 15 is 0 Å². The van der Waals surface area contributed by atoms with Gasteiger partial charge in [-0.3, -0.25) is 9.52 Å². The van der Waals surface area contributed by atoms with Crippen LogP contribution in [0.5, 0.6) is 0 Å². The number of rotatable bonds is 5. The number of carbonyl (C=O) groups excluding carboxylic acids is 1. The molecule has 2 rings (SSSR count). The van der Waals surface area contributed by atoms with Gasteiger partial charge in [0, 0.05) is 11.6 Å². The smallest absolute Gasteiger partial charge is 0.229 e. The molecular weight excluding hydrogens is 309 g/mol. The summed E-state index contributed by atoms with van der Waals surface area (Å²) in [5, 5.41) is 2.71. The van der Waals surface area contributed by atoms with Crippen LogP contribution in [0.3, 0.4) is 0 Å². The summed E-state index contributed by atoms with van der Waals surface area (Å²) in [6.45, 7) is 0.461. The molecule has 1 amide bonds. The molecule has 0 heterocycles. The van der Waals surface area contributed by atoms with Crippen LogP contribution in [-0.4, -0.2) is 27.1 Å². The Morgan fingerprint density at radius 3 is 2.77 bits per heavy atom. The molecule has 1 aromatic rings. The molecule has 0 bridgehead atoms. The lowest BCUT2D eigenvalue weighted by molar-refractivity contribution is -0.120. The monoisotopic (exact) mass is 329 g/mol. The van der Waals surface area contributed by atoms with E-state index in [1.54, 1.807) is 0 Å². The summed E-state index contributed by atoms with van der Waals surface area (Å²) in [6.07, 6.45) is 3.61. The van der Waals surface area contributed by atoms with Crippen molar-refractivity contribution in [2.24, 2.45) is 17.6 Å². The van der Waals surface area contributed by atoms with Crippen molar-refractivity contribution < 1.29 is 17.6 Å². The van der Waals surface area contributed by atoms with Gasteiger partial charge in [0.05, 0.1) is 11.9 Å². The molecule has 22 heavy (non-hydrogen) atoms. The highest BCUT2D eigenvalue weighted by Gasteiger charge is 2.31. The fraction of sp³-hybridized carbons (Fsp3) is 0.500. The number of carbonyl (C=O) groups is 1. The van der Waals surface area contributed by atoms with Crippen LogP contribution < -0.4 is 15.8 Å². The Bertz CT molecular complexity index is 663. The minimum Gasteiger partial charge on any atom is -0.330 e. The quantitative estimate of drug-likeness (QED) is 0.762. The van der Waals surface area contributed by atoms with Crippen molar-refractivity contribution in [2.75, 3.05) is 22.8 Å². The number of anilines is 2. The highest BCUT2D eigenvalue weighted by molar-refractivity contribution is 7.92. The maximum atomic E-state index is 13.6. The third-order valence-electron chi connectivity index (χ3n) is 3.83. The number of benzene rings is 1. The molecule has 0 unspecified atom stereocenters. The van der Waals surface area contributed by atoms with E-state index in [1.807, 2.05) is 0 Å². The van der Waals surface area contributed by atoms with Gasteiger partial charge in [0.25, 0.3) is 0 Å². The van der Waals surface area contributed by atoms with Crippen molar-refractivity contribution in [1.82, 2.24) is 0 Å². The Labute approximate surface area is 129 Å². The van der Waals surface area contributed by atoms with Crippen LogP contribution in [0.15, 0.2) is 18.2 Å². The molecule has 1 aromatic carbocycles. The second kappa shape index (κ2) is 6.62. The van der Waals surface area contributed by atoms with Crippen LogP contribution in [0.25, 0.3) is 0 Å². The number of amides is 1. The Morgan fingerprint density at radius 1 is 1.41 bits per heavy atom. The highest BCUT2D eigenvalue weighted by Crippen LogP contribution is 2.32. The van der Waals surface area contributed by atoms with E-state index in [2.05, 4.69) is 10.0 Å². The number of sulfonamides is 1. The molecule has 0 spiro atoms. The van der Waals surface area contributed by atoms with Gasteiger partial charge >= 0.3 is 0 Å². The van der Waals surface area contributed by atoms with Crippen LogP contribution in [0.1, 0.15) is 19.3 Å². The number of hydrogen-bond donors (Lipinski definition) is 3. The average Bonchev–Trinajstić information content (AvgIpc) is 2.89. The molecule has 0 radical (unpaired) electrons. The Morgan fingerprint density at radius 2 is 2.14 bits per heavy atom. The van der Waals surface area contributed by atoms with Crippen LogP contribution in [0, 0.1) is 17.7 Å². The van der Waals surface area contributed by atoms with Crippen molar-refractivity contribution in [1.29, 1.82) is 0 Å². The van der Waals surface area contributed by atoms with E-state index in [0.717, 1.165) is 31.6 Å². The summed E-state index contributed by atoms with van der Waals surface area (Å²) in [5.41, 5.74) is 5.82. The molecule has 1 aliphatic rings. The molecule has 1 saturated carbocycles. The minimum atomic E-state index is -3.59. The Kier molecular flexibility index (Phi) is 5.02. The topological polar surface area (TPSA) is 101 Å². The van der Waals surface area contributed by atoms with Gasteiger partial charge in [0.1, 0.15) is 5.82 Å². The van der Waals surface area contributed by atoms with Gasteiger partial charge in [-0.2, -0.15) is 0 Å². The van der Waals surface area contributed by atoms with E-state index in [0.29, 0.717) is 12.2 Å². The van der Waals surface area contributed by atoms with Crippen molar-refractivity contribution in [2.45, 2.75) is 19.3 Å². The lowest BCUT2D eigenvalue weighted by Crippen LogP contribution is -2.29. The summed E-state index contributed by atoms with van der Waals surface area (Å²) in [6, 6.07) is 3.77. The molecule has 0 aromatic heterocycles. The molecule has 122 valence electrons. The first-order valence-electron chi connectivity index (χ1n) is 7.08. The number of nitrogens with one attached hydrogen (secondary N) is 2. The van der Waals surface area contributed by atoms with Crippen molar-refractivity contribution in [3.05, 3.63) is 24.0 Å². The zero-order valence-electron chi connectivity index (χ0n) is 12.3. The van der Waals surface area contributed by atoms with Gasteiger partial charge in [-0.25, -0.2) is 12.8 Å². The third-order valence-corrected chi connectivity index (χ3v) is 4.42. The molecule has 8 heteroatoms. The Balaban J connectivity index is 2.13. The molecule has 0 aliphatic heterocycles. The first kappa shape index (κ1) is 16.7. The predicted octanol–water partition coefficient (Wildman–Crippen LogP) is 1.51. The SMILES string of the molecule is CS(=O)(=O)Nc1cc(NC(=O)[C@@H]2CCC[C@@H]2CN)ccc1F. The molecular formula is C14H20FN3O3S. The third kappa shape index (κ3) is 4.17. The second-order valence-electron chi connectivity index (χ2n) is 5.59. The van der Waals surface area contributed by atoms with E-state index in [9.17, 15) is 17.6 Å². The standard InChI is InChI=1S/C14H20FN3O3S/c1-22(20,21)18-13-7-10(5-6-12(13)15)17-14(19)11-4-2-3-9(11)8-16/h5-7,9,11,18H,2-4,8,16H2,1H3,(H,17,19)/t9-,11-/m1/s1. The van der Waals surface area contributed by atoms with E-state index in [4.69, 9.17) is 5.73 Å². The Hall–Kier alpha value is -1.67. The number of hydrogen-bond acceptors (Lipinski definition) is 4. The molecule has 6 nitrogen and oxygen atoms in total. The fourth-order valence-corrected chi connectivity index (χ4v) is 3.34. The van der Waals surface area contributed by atoms with Crippen LogP contribution >= 0.6 is 0 Å². The molecule has 1 aliphatic carbocycles. The van der Waals surface area contributed by atoms with E-state index in [1.165, 1.54) is 12.1 Å². The normalized spacial score (nSPS) is 21.6. The highest BCUT2D eigenvalue weighted by atomic mass is 32.2. The maximum Gasteiger partial charge on any atom is 0.229 e. The van der Waals surface area contributed by atoms with Gasteiger partial charge in [-0.1, -0.05) is 6.42 Å². The molecule has 4 N–H and O–H groups in total. The average molecular weight is 329 g/mol. The predicted molar refractivity (Wildman–Crippen MR) is 83.4 cm³/mol. The fourth-order valence-electron chi connectivity index (χ4n) is 2.78. The van der Waals surface area contributed by atoms with Gasteiger partial charge in [0.15, 0.2) is 0 Å². The zero-order chi connectivity index (χ0) is 16.3. The van der Waals surface area contributed by atoms with Gasteiger partial charge < -0.3 is 11.1 Å². The van der Waals surface area contributed by atoms with Crippen molar-refractivity contribution in [3.8, 4) is 0 Å². The lowest BCUT2D eigenvalue weighted by atomic mass is 9.95. The molecule has 1 fully saturated rings. The first-order valence-corrected chi connectivity index (χ1v) is 8.97. The molecule has 0 saturated heterocycles. The first-order chi connectivity index (χ1) is 10.3. The zero-order valence-corrected chi connectivity index (χ0v) is 13.1. The summed E-state index contributed by atoms with van der Waals surface area (Å²) in [5.74, 6) is -0.857. The summed E-state index contributed by atoms with van der Waals surface area (Å²) >= 11 is 0.